The number of aliphatic imine (C=N–C) groups is 1. The van der Waals surface area contributed by atoms with Gasteiger partial charge in [0.15, 0.2) is 16.8 Å². The average molecular weight is 422 g/mol. The molecule has 0 bridgehead atoms. The second-order valence-electron chi connectivity index (χ2n) is 7.46. The number of amides is 1. The molecule has 150 valence electrons. The van der Waals surface area contributed by atoms with E-state index < -0.39 is 5.54 Å². The highest BCUT2D eigenvalue weighted by molar-refractivity contribution is 8.13. The Labute approximate surface area is 171 Å². The van der Waals surface area contributed by atoms with Gasteiger partial charge in [0.1, 0.15) is 22.6 Å². The summed E-state index contributed by atoms with van der Waals surface area (Å²) in [4.78, 5) is 26.1. The van der Waals surface area contributed by atoms with Gasteiger partial charge in [0.2, 0.25) is 0 Å². The molecule has 0 radical (unpaired) electrons. The molecule has 0 saturated carbocycles. The van der Waals surface area contributed by atoms with Crippen molar-refractivity contribution in [2.75, 3.05) is 17.7 Å². The van der Waals surface area contributed by atoms with Crippen LogP contribution in [-0.4, -0.2) is 39.5 Å². The maximum Gasteiger partial charge on any atom is 0.278 e. The summed E-state index contributed by atoms with van der Waals surface area (Å²) in [5.41, 5.74) is 5.70. The minimum atomic E-state index is -0.575. The molecule has 3 N–H and O–H groups in total. The van der Waals surface area contributed by atoms with Crippen molar-refractivity contribution in [2.24, 2.45) is 16.6 Å². The van der Waals surface area contributed by atoms with Crippen molar-refractivity contribution < 1.29 is 13.9 Å². The predicted molar refractivity (Wildman–Crippen MR) is 110 cm³/mol. The number of ether oxygens (including phenoxy) is 1. The Balaban J connectivity index is 1.56. The lowest BCUT2D eigenvalue weighted by Gasteiger charge is -2.44. The summed E-state index contributed by atoms with van der Waals surface area (Å²) in [6, 6.07) is 0. The molecule has 2 aromatic rings. The molecule has 10 heteroatoms. The molecule has 1 amide bonds. The molecule has 2 aliphatic rings. The van der Waals surface area contributed by atoms with Gasteiger partial charge in [-0.3, -0.25) is 4.79 Å². The van der Waals surface area contributed by atoms with Crippen LogP contribution < -0.4 is 11.1 Å². The SMILES string of the molecule is CC(C)c1nc(C(=O)Nc2csc([C@]34CO[C@@H](C)C[C@H]3CSC(N)=N4)n2)co1. The Morgan fingerprint density at radius 3 is 3.00 bits per heavy atom. The van der Waals surface area contributed by atoms with Gasteiger partial charge < -0.3 is 20.2 Å². The Kier molecular flexibility index (Phi) is 5.19. The van der Waals surface area contributed by atoms with Gasteiger partial charge in [-0.25, -0.2) is 15.0 Å². The van der Waals surface area contributed by atoms with E-state index in [2.05, 4.69) is 22.2 Å². The minimum Gasteiger partial charge on any atom is -0.448 e. The van der Waals surface area contributed by atoms with Gasteiger partial charge in [0.25, 0.3) is 5.91 Å². The van der Waals surface area contributed by atoms with Gasteiger partial charge in [-0.15, -0.1) is 11.3 Å². The highest BCUT2D eigenvalue weighted by atomic mass is 32.2. The highest BCUT2D eigenvalue weighted by Crippen LogP contribution is 2.47. The maximum absolute atomic E-state index is 12.5. The van der Waals surface area contributed by atoms with E-state index in [1.165, 1.54) is 17.6 Å². The van der Waals surface area contributed by atoms with Crippen LogP contribution in [0, 0.1) is 5.92 Å². The van der Waals surface area contributed by atoms with E-state index in [0.29, 0.717) is 29.4 Å². The van der Waals surface area contributed by atoms with Gasteiger partial charge in [0.05, 0.1) is 12.7 Å². The number of thioether (sulfide) groups is 1. The summed E-state index contributed by atoms with van der Waals surface area (Å²) in [6.07, 6.45) is 2.46. The highest BCUT2D eigenvalue weighted by Gasteiger charge is 2.49. The number of carbonyl (C=O) groups excluding carboxylic acids is 1. The summed E-state index contributed by atoms with van der Waals surface area (Å²) in [5, 5.41) is 5.97. The molecular formula is C18H23N5O3S2. The molecule has 0 aliphatic carbocycles. The zero-order valence-corrected chi connectivity index (χ0v) is 17.6. The lowest BCUT2D eigenvalue weighted by atomic mass is 9.80. The third-order valence-electron chi connectivity index (χ3n) is 4.99. The van der Waals surface area contributed by atoms with Crippen molar-refractivity contribution in [3.05, 3.63) is 28.2 Å². The van der Waals surface area contributed by atoms with Crippen molar-refractivity contribution in [2.45, 2.75) is 44.8 Å². The van der Waals surface area contributed by atoms with E-state index in [1.807, 2.05) is 19.2 Å². The molecule has 0 aromatic carbocycles. The normalized spacial score (nSPS) is 27.4. The monoisotopic (exact) mass is 421 g/mol. The van der Waals surface area contributed by atoms with E-state index in [-0.39, 0.29) is 23.6 Å². The second kappa shape index (κ2) is 7.49. The Bertz CT molecular complexity index is 909. The number of hydrogen-bond donors (Lipinski definition) is 2. The number of carbonyl (C=O) groups is 1. The van der Waals surface area contributed by atoms with Crippen LogP contribution in [0.25, 0.3) is 0 Å². The first-order chi connectivity index (χ1) is 13.4. The summed E-state index contributed by atoms with van der Waals surface area (Å²) in [6.45, 7) is 6.44. The number of thiazole rings is 1. The first-order valence-electron chi connectivity index (χ1n) is 9.20. The fraction of sp³-hybridized carbons (Fsp3) is 0.556. The molecule has 1 fully saturated rings. The van der Waals surface area contributed by atoms with E-state index >= 15 is 0 Å². The number of aromatic nitrogens is 2. The maximum atomic E-state index is 12.5. The molecule has 2 aliphatic heterocycles. The first-order valence-corrected chi connectivity index (χ1v) is 11.1. The predicted octanol–water partition coefficient (Wildman–Crippen LogP) is 3.19. The number of fused-ring (bicyclic) bond motifs is 1. The summed E-state index contributed by atoms with van der Waals surface area (Å²) in [7, 11) is 0. The van der Waals surface area contributed by atoms with Gasteiger partial charge in [-0.05, 0) is 13.3 Å². The number of anilines is 1. The Morgan fingerprint density at radius 1 is 1.43 bits per heavy atom. The van der Waals surface area contributed by atoms with Crippen LogP contribution in [0.1, 0.15) is 54.5 Å². The van der Waals surface area contributed by atoms with Crippen LogP contribution in [-0.2, 0) is 10.3 Å². The lowest BCUT2D eigenvalue weighted by molar-refractivity contribution is -0.0466. The number of nitrogens with two attached hydrogens (primary N) is 1. The van der Waals surface area contributed by atoms with Crippen molar-refractivity contribution in [3.8, 4) is 0 Å². The number of amidine groups is 1. The van der Waals surface area contributed by atoms with E-state index in [0.717, 1.165) is 17.2 Å². The first kappa shape index (κ1) is 19.4. The van der Waals surface area contributed by atoms with Crippen LogP contribution in [0.4, 0.5) is 5.82 Å². The largest absolute Gasteiger partial charge is 0.448 e. The van der Waals surface area contributed by atoms with Crippen molar-refractivity contribution in [1.29, 1.82) is 0 Å². The van der Waals surface area contributed by atoms with Crippen molar-refractivity contribution >= 4 is 40.0 Å². The molecular weight excluding hydrogens is 398 g/mol. The molecule has 3 atom stereocenters. The fourth-order valence-electron chi connectivity index (χ4n) is 3.45. The number of hydrogen-bond acceptors (Lipinski definition) is 9. The minimum absolute atomic E-state index is 0.115. The van der Waals surface area contributed by atoms with Gasteiger partial charge in [-0.1, -0.05) is 25.6 Å². The number of rotatable bonds is 4. The van der Waals surface area contributed by atoms with Crippen molar-refractivity contribution in [1.82, 2.24) is 9.97 Å². The third kappa shape index (κ3) is 3.56. The van der Waals surface area contributed by atoms with Crippen LogP contribution in [0.2, 0.25) is 0 Å². The summed E-state index contributed by atoms with van der Waals surface area (Å²) < 4.78 is 11.3. The molecule has 8 nitrogen and oxygen atoms in total. The van der Waals surface area contributed by atoms with E-state index in [1.54, 1.807) is 11.8 Å². The molecule has 0 unspecified atom stereocenters. The standard InChI is InChI=1S/C18H23N5O3S2/c1-9(2)15-20-12(5-25-15)14(24)21-13-7-27-16(22-13)18-8-26-10(3)4-11(18)6-28-17(19)23-18/h5,7,9-11H,4,6,8H2,1-3H3,(H2,19,23)(H,21,24)/t10-,11-,18-/m0/s1. The molecule has 4 heterocycles. The molecule has 0 spiro atoms. The Hall–Kier alpha value is -1.91. The smallest absolute Gasteiger partial charge is 0.278 e. The zero-order valence-electron chi connectivity index (χ0n) is 16.0. The average Bonchev–Trinajstić information content (AvgIpc) is 3.32. The number of nitrogens with one attached hydrogen (secondary N) is 1. The van der Waals surface area contributed by atoms with E-state index in [4.69, 9.17) is 19.9 Å². The van der Waals surface area contributed by atoms with Crippen LogP contribution in [0.15, 0.2) is 21.1 Å². The van der Waals surface area contributed by atoms with Gasteiger partial charge in [-0.2, -0.15) is 0 Å². The molecule has 2 aromatic heterocycles. The lowest BCUT2D eigenvalue weighted by Crippen LogP contribution is -2.49. The molecule has 28 heavy (non-hydrogen) atoms. The third-order valence-corrected chi connectivity index (χ3v) is 6.95. The van der Waals surface area contributed by atoms with Crippen LogP contribution in [0.3, 0.4) is 0 Å². The second-order valence-corrected chi connectivity index (χ2v) is 9.36. The van der Waals surface area contributed by atoms with E-state index in [9.17, 15) is 4.79 Å². The fourth-order valence-corrected chi connectivity index (χ4v) is 5.42. The van der Waals surface area contributed by atoms with Crippen LogP contribution in [0.5, 0.6) is 0 Å². The topological polar surface area (TPSA) is 116 Å². The molecule has 4 rings (SSSR count). The molecule has 1 saturated heterocycles. The quantitative estimate of drug-likeness (QED) is 0.779. The summed E-state index contributed by atoms with van der Waals surface area (Å²) in [5.74, 6) is 1.96. The summed E-state index contributed by atoms with van der Waals surface area (Å²) >= 11 is 3.04. The van der Waals surface area contributed by atoms with Crippen LogP contribution >= 0.6 is 23.1 Å². The number of nitrogens with zero attached hydrogens (tertiary/aromatic N) is 3. The van der Waals surface area contributed by atoms with Crippen molar-refractivity contribution in [3.63, 3.8) is 0 Å². The Morgan fingerprint density at radius 2 is 2.25 bits per heavy atom. The zero-order chi connectivity index (χ0) is 19.9. The number of oxazole rings is 1. The van der Waals surface area contributed by atoms with Gasteiger partial charge in [0, 0.05) is 23.0 Å². The van der Waals surface area contributed by atoms with Gasteiger partial charge >= 0.3 is 0 Å².